The van der Waals surface area contributed by atoms with Crippen molar-refractivity contribution in [3.05, 3.63) is 23.3 Å². The van der Waals surface area contributed by atoms with Gasteiger partial charge in [0.05, 0.1) is 0 Å². The molecule has 0 N–H and O–H groups in total. The van der Waals surface area contributed by atoms with E-state index in [4.69, 9.17) is 9.47 Å². The van der Waals surface area contributed by atoms with Gasteiger partial charge >= 0.3 is 0 Å². The molecule has 0 saturated carbocycles. The summed E-state index contributed by atoms with van der Waals surface area (Å²) in [5.41, 5.74) is 2.56. The Morgan fingerprint density at radius 3 is 1.80 bits per heavy atom. The summed E-state index contributed by atoms with van der Waals surface area (Å²) in [6.07, 6.45) is 4.42. The summed E-state index contributed by atoms with van der Waals surface area (Å²) in [6.45, 7) is 4.75. The second-order valence-corrected chi connectivity index (χ2v) is 3.95. The molecule has 82 valence electrons. The predicted molar refractivity (Wildman–Crippen MR) is 60.6 cm³/mol. The van der Waals surface area contributed by atoms with Crippen LogP contribution < -0.4 is 9.47 Å². The Morgan fingerprint density at radius 1 is 0.933 bits per heavy atom. The van der Waals surface area contributed by atoms with Gasteiger partial charge in [-0.1, -0.05) is 38.8 Å². The first-order chi connectivity index (χ1) is 7.36. The van der Waals surface area contributed by atoms with Crippen LogP contribution in [0.5, 0.6) is 11.5 Å². The molecule has 1 heterocycles. The lowest BCUT2D eigenvalue weighted by Gasteiger charge is -2.08. The number of ether oxygens (including phenoxy) is 2. The van der Waals surface area contributed by atoms with E-state index in [1.54, 1.807) is 0 Å². The Morgan fingerprint density at radius 2 is 1.40 bits per heavy atom. The van der Waals surface area contributed by atoms with Crippen molar-refractivity contribution in [2.24, 2.45) is 0 Å². The summed E-state index contributed by atoms with van der Waals surface area (Å²) in [5.74, 6) is 1.98. The second kappa shape index (κ2) is 4.56. The first-order valence-corrected chi connectivity index (χ1v) is 5.77. The van der Waals surface area contributed by atoms with Gasteiger partial charge in [0.1, 0.15) is 0 Å². The van der Waals surface area contributed by atoms with Crippen molar-refractivity contribution in [1.82, 2.24) is 0 Å². The Bertz CT molecular complexity index is 312. The molecule has 0 bridgehead atoms. The number of hydrogen-bond donors (Lipinski definition) is 0. The lowest BCUT2D eigenvalue weighted by atomic mass is 10.0. The number of aryl methyl sites for hydroxylation is 2. The SMILES string of the molecule is CCCc1ccc(CCC)c2c1OCO2. The van der Waals surface area contributed by atoms with Crippen LogP contribution in [-0.2, 0) is 12.8 Å². The van der Waals surface area contributed by atoms with Crippen molar-refractivity contribution in [2.45, 2.75) is 39.5 Å². The van der Waals surface area contributed by atoms with Crippen LogP contribution in [0.4, 0.5) is 0 Å². The van der Waals surface area contributed by atoms with Crippen molar-refractivity contribution in [3.63, 3.8) is 0 Å². The molecule has 1 aromatic rings. The smallest absolute Gasteiger partial charge is 0.231 e. The normalized spacial score (nSPS) is 13.2. The average Bonchev–Trinajstić information content (AvgIpc) is 2.71. The minimum absolute atomic E-state index is 0.382. The molecule has 15 heavy (non-hydrogen) atoms. The highest BCUT2D eigenvalue weighted by Gasteiger charge is 2.20. The third kappa shape index (κ3) is 1.94. The van der Waals surface area contributed by atoms with Crippen LogP contribution in [0.15, 0.2) is 12.1 Å². The molecule has 2 nitrogen and oxygen atoms in total. The van der Waals surface area contributed by atoms with E-state index in [-0.39, 0.29) is 0 Å². The lowest BCUT2D eigenvalue weighted by molar-refractivity contribution is 0.172. The average molecular weight is 206 g/mol. The van der Waals surface area contributed by atoms with Crippen LogP contribution in [-0.4, -0.2) is 6.79 Å². The highest BCUT2D eigenvalue weighted by Crippen LogP contribution is 2.39. The van der Waals surface area contributed by atoms with Gasteiger partial charge in [0, 0.05) is 0 Å². The predicted octanol–water partition coefficient (Wildman–Crippen LogP) is 3.32. The second-order valence-electron chi connectivity index (χ2n) is 3.95. The number of hydrogen-bond acceptors (Lipinski definition) is 2. The molecule has 0 aliphatic carbocycles. The van der Waals surface area contributed by atoms with Crippen LogP contribution in [0, 0.1) is 0 Å². The zero-order valence-corrected chi connectivity index (χ0v) is 9.51. The van der Waals surface area contributed by atoms with Crippen molar-refractivity contribution < 1.29 is 9.47 Å². The van der Waals surface area contributed by atoms with Crippen LogP contribution in [0.25, 0.3) is 0 Å². The number of benzene rings is 1. The van der Waals surface area contributed by atoms with E-state index < -0.39 is 0 Å². The largest absolute Gasteiger partial charge is 0.453 e. The summed E-state index contributed by atoms with van der Waals surface area (Å²) in [7, 11) is 0. The molecule has 0 spiro atoms. The van der Waals surface area contributed by atoms with E-state index in [0.717, 1.165) is 37.2 Å². The highest BCUT2D eigenvalue weighted by molar-refractivity contribution is 5.53. The minimum atomic E-state index is 0.382. The first kappa shape index (κ1) is 10.3. The Hall–Kier alpha value is -1.18. The molecule has 0 fully saturated rings. The summed E-state index contributed by atoms with van der Waals surface area (Å²) < 4.78 is 11.1. The Balaban J connectivity index is 2.35. The molecule has 0 unspecified atom stereocenters. The fourth-order valence-electron chi connectivity index (χ4n) is 2.04. The summed E-state index contributed by atoms with van der Waals surface area (Å²) in [4.78, 5) is 0. The van der Waals surface area contributed by atoms with Crippen molar-refractivity contribution in [2.75, 3.05) is 6.79 Å². The van der Waals surface area contributed by atoms with Crippen LogP contribution >= 0.6 is 0 Å². The number of rotatable bonds is 4. The van der Waals surface area contributed by atoms with Gasteiger partial charge in [0.15, 0.2) is 11.5 Å². The van der Waals surface area contributed by atoms with E-state index in [9.17, 15) is 0 Å². The molecular weight excluding hydrogens is 188 g/mol. The maximum absolute atomic E-state index is 5.55. The first-order valence-electron chi connectivity index (χ1n) is 5.77. The van der Waals surface area contributed by atoms with Crippen molar-refractivity contribution in [1.29, 1.82) is 0 Å². The molecule has 0 saturated heterocycles. The van der Waals surface area contributed by atoms with Gasteiger partial charge in [0.25, 0.3) is 0 Å². The van der Waals surface area contributed by atoms with E-state index in [1.807, 2.05) is 0 Å². The van der Waals surface area contributed by atoms with Gasteiger partial charge in [-0.05, 0) is 24.0 Å². The van der Waals surface area contributed by atoms with E-state index in [0.29, 0.717) is 6.79 Å². The highest BCUT2D eigenvalue weighted by atomic mass is 16.7. The van der Waals surface area contributed by atoms with Gasteiger partial charge in [-0.3, -0.25) is 0 Å². The van der Waals surface area contributed by atoms with E-state index in [1.165, 1.54) is 11.1 Å². The molecular formula is C13H18O2. The Kier molecular flexibility index (Phi) is 3.14. The fraction of sp³-hybridized carbons (Fsp3) is 0.538. The molecule has 2 heteroatoms. The molecule has 0 atom stereocenters. The third-order valence-electron chi connectivity index (χ3n) is 2.72. The van der Waals surface area contributed by atoms with Crippen molar-refractivity contribution >= 4 is 0 Å². The van der Waals surface area contributed by atoms with E-state index in [2.05, 4.69) is 26.0 Å². The van der Waals surface area contributed by atoms with Gasteiger partial charge in [-0.15, -0.1) is 0 Å². The molecule has 1 aliphatic rings. The van der Waals surface area contributed by atoms with Crippen LogP contribution in [0.2, 0.25) is 0 Å². The number of fused-ring (bicyclic) bond motifs is 1. The van der Waals surface area contributed by atoms with Gasteiger partial charge in [0.2, 0.25) is 6.79 Å². The van der Waals surface area contributed by atoms with Crippen molar-refractivity contribution in [3.8, 4) is 11.5 Å². The van der Waals surface area contributed by atoms with Gasteiger partial charge in [-0.25, -0.2) is 0 Å². The zero-order chi connectivity index (χ0) is 10.7. The van der Waals surface area contributed by atoms with Gasteiger partial charge in [-0.2, -0.15) is 0 Å². The summed E-state index contributed by atoms with van der Waals surface area (Å²) in [6, 6.07) is 4.37. The molecule has 0 amide bonds. The van der Waals surface area contributed by atoms with Crippen LogP contribution in [0.1, 0.15) is 37.8 Å². The zero-order valence-electron chi connectivity index (χ0n) is 9.51. The molecule has 1 aromatic carbocycles. The Labute approximate surface area is 91.2 Å². The van der Waals surface area contributed by atoms with Crippen LogP contribution in [0.3, 0.4) is 0 Å². The molecule has 0 radical (unpaired) electrons. The minimum Gasteiger partial charge on any atom is -0.453 e. The molecule has 2 rings (SSSR count). The standard InChI is InChI=1S/C13H18O2/c1-3-5-10-7-8-11(6-4-2)13-12(10)14-9-15-13/h7-8H,3-6,9H2,1-2H3. The molecule has 0 aromatic heterocycles. The maximum atomic E-state index is 5.55. The summed E-state index contributed by atoms with van der Waals surface area (Å²) >= 11 is 0. The maximum Gasteiger partial charge on any atom is 0.231 e. The molecule has 1 aliphatic heterocycles. The monoisotopic (exact) mass is 206 g/mol. The third-order valence-corrected chi connectivity index (χ3v) is 2.72. The fourth-order valence-corrected chi connectivity index (χ4v) is 2.04. The quantitative estimate of drug-likeness (QED) is 0.752. The van der Waals surface area contributed by atoms with Gasteiger partial charge < -0.3 is 9.47 Å². The van der Waals surface area contributed by atoms with E-state index >= 15 is 0 Å². The topological polar surface area (TPSA) is 18.5 Å². The lowest BCUT2D eigenvalue weighted by Crippen LogP contribution is -1.94. The summed E-state index contributed by atoms with van der Waals surface area (Å²) in [5, 5.41) is 0.